The van der Waals surface area contributed by atoms with Crippen molar-refractivity contribution in [3.05, 3.63) is 29.6 Å². The van der Waals surface area contributed by atoms with Gasteiger partial charge in [0, 0.05) is 6.20 Å². The van der Waals surface area contributed by atoms with Gasteiger partial charge in [-0.25, -0.2) is 13.1 Å². The number of pyridine rings is 1. The summed E-state index contributed by atoms with van der Waals surface area (Å²) in [4.78, 5) is 4.25. The molecule has 1 unspecified atom stereocenters. The Morgan fingerprint density at radius 3 is 2.56 bits per heavy atom. The summed E-state index contributed by atoms with van der Waals surface area (Å²) in [6.07, 6.45) is 2.40. The number of sulfonamides is 1. The molecule has 1 heterocycles. The zero-order valence-electron chi connectivity index (χ0n) is 11.5. The van der Waals surface area contributed by atoms with E-state index in [0.29, 0.717) is 6.42 Å². The van der Waals surface area contributed by atoms with Gasteiger partial charge < -0.3 is 0 Å². The smallest absolute Gasteiger partial charge is 0.212 e. The maximum Gasteiger partial charge on any atom is 0.212 e. The van der Waals surface area contributed by atoms with Crippen molar-refractivity contribution in [2.45, 2.75) is 40.2 Å². The Morgan fingerprint density at radius 2 is 2.06 bits per heavy atom. The zero-order valence-corrected chi connectivity index (χ0v) is 12.3. The standard InChI is InChI=1S/C13H22N2O2S/c1-5-12(13-8-11(4)6-7-14-13)15-18(16,17)9-10(2)3/h6-8,10,12,15H,5,9H2,1-4H3. The molecule has 4 nitrogen and oxygen atoms in total. The molecule has 1 N–H and O–H groups in total. The van der Waals surface area contributed by atoms with E-state index in [-0.39, 0.29) is 17.7 Å². The van der Waals surface area contributed by atoms with E-state index in [2.05, 4.69) is 9.71 Å². The Labute approximate surface area is 110 Å². The van der Waals surface area contributed by atoms with Crippen LogP contribution in [0.4, 0.5) is 0 Å². The normalized spacial score (nSPS) is 13.8. The summed E-state index contributed by atoms with van der Waals surface area (Å²) in [6.45, 7) is 7.71. The first kappa shape index (κ1) is 15.1. The Morgan fingerprint density at radius 1 is 1.39 bits per heavy atom. The van der Waals surface area contributed by atoms with E-state index < -0.39 is 10.0 Å². The minimum Gasteiger partial charge on any atom is -0.260 e. The number of nitrogens with one attached hydrogen (secondary N) is 1. The van der Waals surface area contributed by atoms with Crippen LogP contribution in [0.2, 0.25) is 0 Å². The Hall–Kier alpha value is -0.940. The van der Waals surface area contributed by atoms with Gasteiger partial charge in [-0.2, -0.15) is 0 Å². The van der Waals surface area contributed by atoms with Gasteiger partial charge in [0.25, 0.3) is 0 Å². The first-order chi connectivity index (χ1) is 8.34. The molecule has 1 aromatic rings. The molecule has 0 fully saturated rings. The summed E-state index contributed by atoms with van der Waals surface area (Å²) in [5, 5.41) is 0. The lowest BCUT2D eigenvalue weighted by Gasteiger charge is -2.17. The number of aromatic nitrogens is 1. The van der Waals surface area contributed by atoms with Crippen molar-refractivity contribution in [1.82, 2.24) is 9.71 Å². The van der Waals surface area contributed by atoms with Gasteiger partial charge >= 0.3 is 0 Å². The van der Waals surface area contributed by atoms with Gasteiger partial charge in [0.2, 0.25) is 10.0 Å². The number of hydrogen-bond acceptors (Lipinski definition) is 3. The molecule has 0 amide bonds. The van der Waals surface area contributed by atoms with E-state index in [4.69, 9.17) is 0 Å². The molecule has 0 aromatic carbocycles. The maximum atomic E-state index is 11.9. The van der Waals surface area contributed by atoms with Crippen molar-refractivity contribution < 1.29 is 8.42 Å². The fourth-order valence-corrected chi connectivity index (χ4v) is 3.50. The van der Waals surface area contributed by atoms with Gasteiger partial charge in [0.05, 0.1) is 17.5 Å². The van der Waals surface area contributed by atoms with Gasteiger partial charge in [-0.05, 0) is 37.0 Å². The molecular formula is C13H22N2O2S. The summed E-state index contributed by atoms with van der Waals surface area (Å²) >= 11 is 0. The monoisotopic (exact) mass is 270 g/mol. The summed E-state index contributed by atoms with van der Waals surface area (Å²) in [5.41, 5.74) is 1.87. The van der Waals surface area contributed by atoms with Crippen LogP contribution in [0.3, 0.4) is 0 Å². The van der Waals surface area contributed by atoms with Gasteiger partial charge in [-0.3, -0.25) is 4.98 Å². The fraction of sp³-hybridized carbons (Fsp3) is 0.615. The Kier molecular flexibility index (Phi) is 5.28. The Bertz CT molecular complexity index is 484. The third-order valence-corrected chi connectivity index (χ3v) is 4.33. The molecule has 1 rings (SSSR count). The molecule has 1 aromatic heterocycles. The molecule has 0 saturated carbocycles. The summed E-state index contributed by atoms with van der Waals surface area (Å²) in [5.74, 6) is 0.264. The van der Waals surface area contributed by atoms with Crippen LogP contribution in [0.5, 0.6) is 0 Å². The molecule has 0 aliphatic heterocycles. The van der Waals surface area contributed by atoms with E-state index in [1.165, 1.54) is 0 Å². The van der Waals surface area contributed by atoms with Gasteiger partial charge in [-0.15, -0.1) is 0 Å². The van der Waals surface area contributed by atoms with Crippen molar-refractivity contribution in [3.63, 3.8) is 0 Å². The molecule has 0 radical (unpaired) electrons. The summed E-state index contributed by atoms with van der Waals surface area (Å²) < 4.78 is 26.6. The highest BCUT2D eigenvalue weighted by atomic mass is 32.2. The van der Waals surface area contributed by atoms with Crippen LogP contribution in [-0.2, 0) is 10.0 Å². The molecule has 0 aliphatic rings. The minimum atomic E-state index is -3.24. The van der Waals surface area contributed by atoms with Crippen LogP contribution in [0.15, 0.2) is 18.3 Å². The minimum absolute atomic E-state index is 0.116. The molecule has 5 heteroatoms. The van der Waals surface area contributed by atoms with Crippen LogP contribution >= 0.6 is 0 Å². The van der Waals surface area contributed by atoms with Gasteiger partial charge in [0.15, 0.2) is 0 Å². The highest BCUT2D eigenvalue weighted by molar-refractivity contribution is 7.89. The van der Waals surface area contributed by atoms with Crippen molar-refractivity contribution in [2.24, 2.45) is 5.92 Å². The topological polar surface area (TPSA) is 59.1 Å². The number of rotatable bonds is 6. The lowest BCUT2D eigenvalue weighted by Crippen LogP contribution is -2.32. The van der Waals surface area contributed by atoms with Gasteiger partial charge in [-0.1, -0.05) is 20.8 Å². The third-order valence-electron chi connectivity index (χ3n) is 2.58. The van der Waals surface area contributed by atoms with Crippen LogP contribution in [0.25, 0.3) is 0 Å². The Balaban J connectivity index is 2.86. The molecule has 18 heavy (non-hydrogen) atoms. The first-order valence-electron chi connectivity index (χ1n) is 6.26. The van der Waals surface area contributed by atoms with E-state index in [9.17, 15) is 8.42 Å². The van der Waals surface area contributed by atoms with E-state index in [1.54, 1.807) is 6.20 Å². The predicted molar refractivity (Wildman–Crippen MR) is 73.8 cm³/mol. The van der Waals surface area contributed by atoms with Crippen molar-refractivity contribution >= 4 is 10.0 Å². The molecular weight excluding hydrogens is 248 g/mol. The lowest BCUT2D eigenvalue weighted by molar-refractivity contribution is 0.535. The second-order valence-corrected chi connectivity index (χ2v) is 6.81. The van der Waals surface area contributed by atoms with Crippen LogP contribution in [0.1, 0.15) is 44.5 Å². The lowest BCUT2D eigenvalue weighted by atomic mass is 10.1. The van der Waals surface area contributed by atoms with E-state index in [0.717, 1.165) is 11.3 Å². The second kappa shape index (κ2) is 6.29. The quantitative estimate of drug-likeness (QED) is 0.863. The number of aryl methyl sites for hydroxylation is 1. The number of hydrogen-bond donors (Lipinski definition) is 1. The van der Waals surface area contributed by atoms with Crippen LogP contribution in [-0.4, -0.2) is 19.2 Å². The summed E-state index contributed by atoms with van der Waals surface area (Å²) in [6, 6.07) is 3.58. The average Bonchev–Trinajstić information content (AvgIpc) is 2.24. The van der Waals surface area contributed by atoms with Crippen LogP contribution in [0, 0.1) is 12.8 Å². The van der Waals surface area contributed by atoms with Crippen molar-refractivity contribution in [2.75, 3.05) is 5.75 Å². The first-order valence-corrected chi connectivity index (χ1v) is 7.92. The zero-order chi connectivity index (χ0) is 13.8. The molecule has 1 atom stereocenters. The largest absolute Gasteiger partial charge is 0.260 e. The highest BCUT2D eigenvalue weighted by Crippen LogP contribution is 2.16. The van der Waals surface area contributed by atoms with Gasteiger partial charge in [0.1, 0.15) is 0 Å². The van der Waals surface area contributed by atoms with E-state index in [1.807, 2.05) is 39.8 Å². The molecule has 0 aliphatic carbocycles. The second-order valence-electron chi connectivity index (χ2n) is 5.01. The SMILES string of the molecule is CCC(NS(=O)(=O)CC(C)C)c1cc(C)ccn1. The summed E-state index contributed by atoms with van der Waals surface area (Å²) in [7, 11) is -3.24. The number of nitrogens with zero attached hydrogens (tertiary/aromatic N) is 1. The molecule has 0 spiro atoms. The average molecular weight is 270 g/mol. The maximum absolute atomic E-state index is 11.9. The highest BCUT2D eigenvalue weighted by Gasteiger charge is 2.20. The fourth-order valence-electron chi connectivity index (χ4n) is 1.81. The predicted octanol–water partition coefficient (Wildman–Crippen LogP) is 2.42. The molecule has 102 valence electrons. The van der Waals surface area contributed by atoms with Crippen molar-refractivity contribution in [3.8, 4) is 0 Å². The van der Waals surface area contributed by atoms with Crippen LogP contribution < -0.4 is 4.72 Å². The third kappa shape index (κ3) is 4.74. The molecule has 0 saturated heterocycles. The molecule has 0 bridgehead atoms. The van der Waals surface area contributed by atoms with E-state index >= 15 is 0 Å². The van der Waals surface area contributed by atoms with Crippen molar-refractivity contribution in [1.29, 1.82) is 0 Å².